The number of aliphatic imine (C=N–C) groups is 1. The fourth-order valence-corrected chi connectivity index (χ4v) is 2.92. The summed E-state index contributed by atoms with van der Waals surface area (Å²) in [5.41, 5.74) is 7.85. The molecule has 6 nitrogen and oxygen atoms in total. The molecule has 1 fully saturated rings. The number of hydrogen-bond donors (Lipinski definition) is 2. The SMILES string of the molecule is NC(=NCc1cccc(NC(=O)c2ccco2)c1)N1CCCCCC1. The third kappa shape index (κ3) is 4.86. The monoisotopic (exact) mass is 340 g/mol. The van der Waals surface area contributed by atoms with Gasteiger partial charge in [0.05, 0.1) is 12.8 Å². The van der Waals surface area contributed by atoms with E-state index < -0.39 is 0 Å². The minimum atomic E-state index is -0.269. The Labute approximate surface area is 147 Å². The Morgan fingerprint density at radius 2 is 1.96 bits per heavy atom. The second kappa shape index (κ2) is 8.37. The molecule has 0 atom stereocenters. The minimum absolute atomic E-state index is 0.269. The molecule has 0 bridgehead atoms. The molecule has 25 heavy (non-hydrogen) atoms. The predicted molar refractivity (Wildman–Crippen MR) is 98.5 cm³/mol. The third-order valence-corrected chi connectivity index (χ3v) is 4.28. The van der Waals surface area contributed by atoms with Crippen molar-refractivity contribution in [1.29, 1.82) is 0 Å². The van der Waals surface area contributed by atoms with E-state index in [0.717, 1.165) is 18.7 Å². The van der Waals surface area contributed by atoms with E-state index in [2.05, 4.69) is 15.2 Å². The van der Waals surface area contributed by atoms with Crippen LogP contribution < -0.4 is 11.1 Å². The van der Waals surface area contributed by atoms with Crippen LogP contribution in [-0.2, 0) is 6.54 Å². The van der Waals surface area contributed by atoms with Crippen LogP contribution >= 0.6 is 0 Å². The number of rotatable bonds is 4. The van der Waals surface area contributed by atoms with Gasteiger partial charge in [0.25, 0.3) is 5.91 Å². The molecule has 1 aromatic heterocycles. The van der Waals surface area contributed by atoms with Crippen molar-refractivity contribution in [2.45, 2.75) is 32.2 Å². The van der Waals surface area contributed by atoms with Crippen molar-refractivity contribution < 1.29 is 9.21 Å². The second-order valence-electron chi connectivity index (χ2n) is 6.21. The normalized spacial score (nSPS) is 15.7. The Bertz CT molecular complexity index is 717. The molecule has 0 radical (unpaired) electrons. The molecule has 2 heterocycles. The number of nitrogens with one attached hydrogen (secondary N) is 1. The molecule has 0 aliphatic carbocycles. The first-order chi connectivity index (χ1) is 12.2. The Morgan fingerprint density at radius 3 is 2.68 bits per heavy atom. The molecule has 3 rings (SSSR count). The van der Waals surface area contributed by atoms with Crippen molar-refractivity contribution >= 4 is 17.6 Å². The smallest absolute Gasteiger partial charge is 0.291 e. The van der Waals surface area contributed by atoms with E-state index in [1.54, 1.807) is 12.1 Å². The molecule has 6 heteroatoms. The Kier molecular flexibility index (Phi) is 5.72. The summed E-state index contributed by atoms with van der Waals surface area (Å²) in [5.74, 6) is 0.621. The van der Waals surface area contributed by atoms with Gasteiger partial charge in [0.1, 0.15) is 0 Å². The molecule has 1 amide bonds. The lowest BCUT2D eigenvalue weighted by Gasteiger charge is -2.21. The van der Waals surface area contributed by atoms with Gasteiger partial charge in [-0.1, -0.05) is 25.0 Å². The van der Waals surface area contributed by atoms with Crippen LogP contribution in [0.2, 0.25) is 0 Å². The average Bonchev–Trinajstić information content (AvgIpc) is 3.03. The predicted octanol–water partition coefficient (Wildman–Crippen LogP) is 3.22. The fourth-order valence-electron chi connectivity index (χ4n) is 2.92. The zero-order valence-electron chi connectivity index (χ0n) is 14.3. The number of benzene rings is 1. The molecule has 132 valence electrons. The highest BCUT2D eigenvalue weighted by molar-refractivity contribution is 6.02. The van der Waals surface area contributed by atoms with Crippen LogP contribution in [0, 0.1) is 0 Å². The van der Waals surface area contributed by atoms with E-state index in [-0.39, 0.29) is 11.7 Å². The van der Waals surface area contributed by atoms with Crippen molar-refractivity contribution in [1.82, 2.24) is 4.90 Å². The molecule has 1 saturated heterocycles. The first kappa shape index (κ1) is 17.1. The maximum Gasteiger partial charge on any atom is 0.291 e. The number of hydrogen-bond acceptors (Lipinski definition) is 3. The van der Waals surface area contributed by atoms with Crippen molar-refractivity contribution in [2.75, 3.05) is 18.4 Å². The summed E-state index contributed by atoms with van der Waals surface area (Å²) >= 11 is 0. The minimum Gasteiger partial charge on any atom is -0.459 e. The van der Waals surface area contributed by atoms with E-state index in [0.29, 0.717) is 18.2 Å². The summed E-state index contributed by atoms with van der Waals surface area (Å²) in [7, 11) is 0. The number of carbonyl (C=O) groups excluding carboxylic acids is 1. The molecule has 0 spiro atoms. The molecular formula is C19H24N4O2. The number of nitrogens with zero attached hydrogens (tertiary/aromatic N) is 2. The Hall–Kier alpha value is -2.76. The molecule has 0 saturated carbocycles. The first-order valence-corrected chi connectivity index (χ1v) is 8.71. The van der Waals surface area contributed by atoms with E-state index >= 15 is 0 Å². The van der Waals surface area contributed by atoms with Gasteiger partial charge in [0, 0.05) is 18.8 Å². The quantitative estimate of drug-likeness (QED) is 0.661. The molecule has 1 aliphatic rings. The third-order valence-electron chi connectivity index (χ3n) is 4.28. The highest BCUT2D eigenvalue weighted by atomic mass is 16.3. The number of guanidine groups is 1. The highest BCUT2D eigenvalue weighted by Gasteiger charge is 2.11. The van der Waals surface area contributed by atoms with E-state index in [1.165, 1.54) is 31.9 Å². The second-order valence-corrected chi connectivity index (χ2v) is 6.21. The fraction of sp³-hybridized carbons (Fsp3) is 0.368. The molecule has 1 aromatic carbocycles. The van der Waals surface area contributed by atoms with Crippen LogP contribution in [0.3, 0.4) is 0 Å². The van der Waals surface area contributed by atoms with Crippen LogP contribution in [0.1, 0.15) is 41.8 Å². The summed E-state index contributed by atoms with van der Waals surface area (Å²) < 4.78 is 5.10. The van der Waals surface area contributed by atoms with Crippen molar-refractivity contribution in [3.05, 3.63) is 54.0 Å². The maximum atomic E-state index is 12.0. The van der Waals surface area contributed by atoms with E-state index in [4.69, 9.17) is 10.2 Å². The van der Waals surface area contributed by atoms with Gasteiger partial charge >= 0.3 is 0 Å². The zero-order valence-corrected chi connectivity index (χ0v) is 14.3. The van der Waals surface area contributed by atoms with E-state index in [1.807, 2.05) is 24.3 Å². The number of anilines is 1. The lowest BCUT2D eigenvalue weighted by atomic mass is 10.2. The van der Waals surface area contributed by atoms with Crippen LogP contribution in [0.15, 0.2) is 52.1 Å². The molecular weight excluding hydrogens is 316 g/mol. The molecule has 0 unspecified atom stereocenters. The highest BCUT2D eigenvalue weighted by Crippen LogP contribution is 2.14. The lowest BCUT2D eigenvalue weighted by molar-refractivity contribution is 0.0996. The summed E-state index contributed by atoms with van der Waals surface area (Å²) in [4.78, 5) is 18.7. The van der Waals surface area contributed by atoms with Crippen LogP contribution in [0.4, 0.5) is 5.69 Å². The van der Waals surface area contributed by atoms with Gasteiger partial charge < -0.3 is 20.4 Å². The van der Waals surface area contributed by atoms with Gasteiger partial charge in [-0.3, -0.25) is 4.79 Å². The number of carbonyl (C=O) groups is 1. The maximum absolute atomic E-state index is 12.0. The van der Waals surface area contributed by atoms with Gasteiger partial charge in [0.15, 0.2) is 11.7 Å². The van der Waals surface area contributed by atoms with Crippen molar-refractivity contribution in [3.8, 4) is 0 Å². The topological polar surface area (TPSA) is 83.9 Å². The number of likely N-dealkylation sites (tertiary alicyclic amines) is 1. The molecule has 3 N–H and O–H groups in total. The Balaban J connectivity index is 1.61. The average molecular weight is 340 g/mol. The Morgan fingerprint density at radius 1 is 1.16 bits per heavy atom. The summed E-state index contributed by atoms with van der Waals surface area (Å²) in [6.45, 7) is 2.45. The van der Waals surface area contributed by atoms with Gasteiger partial charge in [-0.05, 0) is 42.7 Å². The summed E-state index contributed by atoms with van der Waals surface area (Å²) in [5, 5.41) is 2.82. The van der Waals surface area contributed by atoms with Gasteiger partial charge in [-0.25, -0.2) is 4.99 Å². The standard InChI is InChI=1S/C19H24N4O2/c20-19(23-10-3-1-2-4-11-23)21-14-15-7-5-8-16(13-15)22-18(24)17-9-6-12-25-17/h5-9,12-13H,1-4,10-11,14H2,(H2,20,21)(H,22,24). The number of nitrogens with two attached hydrogens (primary N) is 1. The summed E-state index contributed by atoms with van der Waals surface area (Å²) in [6, 6.07) is 10.9. The van der Waals surface area contributed by atoms with Crippen molar-refractivity contribution in [2.24, 2.45) is 10.7 Å². The van der Waals surface area contributed by atoms with Gasteiger partial charge in [0.2, 0.25) is 0 Å². The molecule has 1 aliphatic heterocycles. The number of furan rings is 1. The van der Waals surface area contributed by atoms with Crippen LogP contribution in [-0.4, -0.2) is 29.9 Å². The zero-order chi connectivity index (χ0) is 17.5. The van der Waals surface area contributed by atoms with Crippen molar-refractivity contribution in [3.63, 3.8) is 0 Å². The van der Waals surface area contributed by atoms with E-state index in [9.17, 15) is 4.79 Å². The first-order valence-electron chi connectivity index (χ1n) is 8.71. The van der Waals surface area contributed by atoms with Crippen LogP contribution in [0.5, 0.6) is 0 Å². The van der Waals surface area contributed by atoms with Gasteiger partial charge in [-0.15, -0.1) is 0 Å². The molecule has 2 aromatic rings. The van der Waals surface area contributed by atoms with Crippen LogP contribution in [0.25, 0.3) is 0 Å². The van der Waals surface area contributed by atoms with Gasteiger partial charge in [-0.2, -0.15) is 0 Å². The number of amides is 1. The largest absolute Gasteiger partial charge is 0.459 e. The summed E-state index contributed by atoms with van der Waals surface area (Å²) in [6.07, 6.45) is 6.35. The lowest BCUT2D eigenvalue weighted by Crippen LogP contribution is -2.38.